The van der Waals surface area contributed by atoms with Gasteiger partial charge in [-0.25, -0.2) is 0 Å². The van der Waals surface area contributed by atoms with Crippen LogP contribution in [0.15, 0.2) is 118 Å². The lowest BCUT2D eigenvalue weighted by Crippen LogP contribution is -2.11. The van der Waals surface area contributed by atoms with E-state index >= 15 is 0 Å². The Morgan fingerprint density at radius 2 is 1.06 bits per heavy atom. The second-order valence-electron chi connectivity index (χ2n) is 6.51. The maximum atomic E-state index is 11.9. The molecule has 0 heterocycles. The first-order valence-corrected chi connectivity index (χ1v) is 11.1. The van der Waals surface area contributed by atoms with E-state index in [0.29, 0.717) is 11.1 Å². The molecule has 0 saturated heterocycles. The normalized spacial score (nSPS) is 11.1. The Hall–Kier alpha value is -2.73. The van der Waals surface area contributed by atoms with E-state index in [0.717, 1.165) is 20.4 Å². The van der Waals surface area contributed by atoms with Crippen LogP contribution in [0.2, 0.25) is 0 Å². The van der Waals surface area contributed by atoms with Gasteiger partial charge in [-0.05, 0) is 61.7 Å². The summed E-state index contributed by atoms with van der Waals surface area (Å²) in [5.41, 5.74) is 1.15. The van der Waals surface area contributed by atoms with Gasteiger partial charge >= 0.3 is 0 Å². The van der Waals surface area contributed by atoms with Crippen molar-refractivity contribution < 1.29 is 14.6 Å². The Balaban J connectivity index is 0.000000176. The highest BCUT2D eigenvalue weighted by Crippen LogP contribution is 2.33. The van der Waals surface area contributed by atoms with Gasteiger partial charge in [-0.2, -0.15) is 0 Å². The molecule has 1 atom stereocenters. The third kappa shape index (κ3) is 6.62. The maximum absolute atomic E-state index is 11.9. The van der Waals surface area contributed by atoms with Gasteiger partial charge in [-0.15, -0.1) is 0 Å². The summed E-state index contributed by atoms with van der Waals surface area (Å²) >= 11 is 6.88. The minimum atomic E-state index is -1.08. The fraction of sp³-hybridized carbons (Fsp3) is 0.0385. The summed E-state index contributed by atoms with van der Waals surface area (Å²) in [7, 11) is 0. The molecule has 3 nitrogen and oxygen atoms in total. The van der Waals surface area contributed by atoms with Crippen molar-refractivity contribution in [2.45, 2.75) is 6.10 Å². The van der Waals surface area contributed by atoms with Crippen LogP contribution < -0.4 is 4.74 Å². The van der Waals surface area contributed by atoms with Crippen LogP contribution in [0.1, 0.15) is 22.0 Å². The van der Waals surface area contributed by atoms with Crippen molar-refractivity contribution in [2.24, 2.45) is 0 Å². The SMILES string of the molecule is Brc1ccccc1Oc1ccccc1Br.O=C(c1ccccc1)C(O)c1ccccc1. The lowest BCUT2D eigenvalue weighted by atomic mass is 10.0. The van der Waals surface area contributed by atoms with E-state index in [1.165, 1.54) is 0 Å². The molecule has 4 rings (SSSR count). The van der Waals surface area contributed by atoms with Crippen LogP contribution in [0, 0.1) is 0 Å². The molecular weight excluding hydrogens is 520 g/mol. The van der Waals surface area contributed by atoms with E-state index in [1.54, 1.807) is 48.5 Å². The van der Waals surface area contributed by atoms with Gasteiger partial charge in [0.05, 0.1) is 8.95 Å². The molecule has 31 heavy (non-hydrogen) atoms. The minimum Gasteiger partial charge on any atom is -0.455 e. The molecule has 1 unspecified atom stereocenters. The van der Waals surface area contributed by atoms with Crippen LogP contribution in [-0.2, 0) is 0 Å². The van der Waals surface area contributed by atoms with Gasteiger partial charge in [-0.3, -0.25) is 4.79 Å². The van der Waals surface area contributed by atoms with E-state index in [9.17, 15) is 9.90 Å². The molecule has 0 saturated carbocycles. The number of hydrogen-bond donors (Lipinski definition) is 1. The molecule has 0 aliphatic heterocycles. The zero-order valence-corrected chi connectivity index (χ0v) is 19.7. The lowest BCUT2D eigenvalue weighted by Gasteiger charge is -2.09. The van der Waals surface area contributed by atoms with E-state index in [-0.39, 0.29) is 5.78 Å². The predicted octanol–water partition coefficient (Wildman–Crippen LogP) is 7.61. The van der Waals surface area contributed by atoms with Crippen LogP contribution >= 0.6 is 31.9 Å². The smallest absolute Gasteiger partial charge is 0.195 e. The van der Waals surface area contributed by atoms with E-state index in [4.69, 9.17) is 4.74 Å². The Morgan fingerprint density at radius 1 is 0.645 bits per heavy atom. The van der Waals surface area contributed by atoms with Crippen LogP contribution in [0.3, 0.4) is 0 Å². The second kappa shape index (κ2) is 11.6. The molecule has 1 N–H and O–H groups in total. The third-order valence-corrected chi connectivity index (χ3v) is 5.63. The van der Waals surface area contributed by atoms with Crippen molar-refractivity contribution in [1.29, 1.82) is 0 Å². The predicted molar refractivity (Wildman–Crippen MR) is 131 cm³/mol. The highest BCUT2D eigenvalue weighted by Gasteiger charge is 2.18. The number of ether oxygens (including phenoxy) is 1. The van der Waals surface area contributed by atoms with Gasteiger partial charge in [0.15, 0.2) is 5.78 Å². The van der Waals surface area contributed by atoms with E-state index in [1.807, 2.05) is 60.7 Å². The number of rotatable bonds is 5. The molecular formula is C26H20Br2O3. The zero-order chi connectivity index (χ0) is 22.1. The van der Waals surface area contributed by atoms with Crippen molar-refractivity contribution in [3.63, 3.8) is 0 Å². The van der Waals surface area contributed by atoms with Gasteiger partial charge in [0, 0.05) is 5.56 Å². The molecule has 0 aliphatic rings. The third-order valence-electron chi connectivity index (χ3n) is 4.32. The van der Waals surface area contributed by atoms with Gasteiger partial charge in [0.2, 0.25) is 0 Å². The molecule has 5 heteroatoms. The summed E-state index contributed by atoms with van der Waals surface area (Å²) in [5.74, 6) is 1.35. The standard InChI is InChI=1S/C14H12O2.C12H8Br2O/c15-13(11-7-3-1-4-8-11)14(16)12-9-5-2-6-10-12;13-9-5-1-3-7-11(9)15-12-8-4-2-6-10(12)14/h1-10,13,15H;1-8H. The monoisotopic (exact) mass is 538 g/mol. The Kier molecular flexibility index (Phi) is 8.59. The molecule has 4 aromatic carbocycles. The summed E-state index contributed by atoms with van der Waals surface area (Å²) in [6.07, 6.45) is -1.08. The van der Waals surface area contributed by atoms with Crippen molar-refractivity contribution in [2.75, 3.05) is 0 Å². The highest BCUT2D eigenvalue weighted by molar-refractivity contribution is 9.11. The lowest BCUT2D eigenvalue weighted by molar-refractivity contribution is 0.0747. The van der Waals surface area contributed by atoms with Gasteiger partial charge in [-0.1, -0.05) is 84.9 Å². The van der Waals surface area contributed by atoms with Crippen LogP contribution in [0.5, 0.6) is 11.5 Å². The van der Waals surface area contributed by atoms with Gasteiger partial charge in [0.1, 0.15) is 17.6 Å². The fourth-order valence-electron chi connectivity index (χ4n) is 2.72. The molecule has 0 amide bonds. The summed E-state index contributed by atoms with van der Waals surface area (Å²) < 4.78 is 7.64. The molecule has 0 spiro atoms. The fourth-order valence-corrected chi connectivity index (χ4v) is 3.45. The first-order valence-electron chi connectivity index (χ1n) is 9.55. The number of carbonyl (C=O) groups is 1. The van der Waals surface area contributed by atoms with Crippen LogP contribution in [0.4, 0.5) is 0 Å². The summed E-state index contributed by atoms with van der Waals surface area (Å²) in [6, 6.07) is 33.3. The second-order valence-corrected chi connectivity index (χ2v) is 8.22. The number of hydrogen-bond acceptors (Lipinski definition) is 3. The van der Waals surface area contributed by atoms with Crippen LogP contribution in [-0.4, -0.2) is 10.9 Å². The van der Waals surface area contributed by atoms with E-state index in [2.05, 4.69) is 31.9 Å². The van der Waals surface area contributed by atoms with Gasteiger partial charge < -0.3 is 9.84 Å². The molecule has 0 aromatic heterocycles. The Labute approximate surface area is 198 Å². The van der Waals surface area contributed by atoms with Crippen molar-refractivity contribution >= 4 is 37.6 Å². The Morgan fingerprint density at radius 3 is 1.55 bits per heavy atom. The summed E-state index contributed by atoms with van der Waals surface area (Å²) in [5, 5.41) is 9.89. The number of aliphatic hydroxyl groups is 1. The number of aliphatic hydroxyl groups excluding tert-OH is 1. The van der Waals surface area contributed by atoms with Gasteiger partial charge in [0.25, 0.3) is 0 Å². The minimum absolute atomic E-state index is 0.271. The summed E-state index contributed by atoms with van der Waals surface area (Å²) in [4.78, 5) is 11.9. The molecule has 0 aliphatic carbocycles. The number of para-hydroxylation sites is 2. The topological polar surface area (TPSA) is 46.5 Å². The highest BCUT2D eigenvalue weighted by atomic mass is 79.9. The number of benzene rings is 4. The number of halogens is 2. The first kappa shape index (κ1) is 22.9. The average Bonchev–Trinajstić information content (AvgIpc) is 2.82. The van der Waals surface area contributed by atoms with Crippen molar-refractivity contribution in [3.8, 4) is 11.5 Å². The number of Topliss-reactive ketones (excluding diaryl/α,β-unsaturated/α-hetero) is 1. The molecule has 0 fully saturated rings. The van der Waals surface area contributed by atoms with Crippen molar-refractivity contribution in [3.05, 3.63) is 129 Å². The molecule has 156 valence electrons. The molecule has 4 aromatic rings. The van der Waals surface area contributed by atoms with Crippen molar-refractivity contribution in [1.82, 2.24) is 0 Å². The van der Waals surface area contributed by atoms with E-state index < -0.39 is 6.10 Å². The van der Waals surface area contributed by atoms with Crippen LogP contribution in [0.25, 0.3) is 0 Å². The first-order chi connectivity index (χ1) is 15.1. The number of ketones is 1. The molecule has 0 bridgehead atoms. The molecule has 0 radical (unpaired) electrons. The summed E-state index contributed by atoms with van der Waals surface area (Å²) in [6.45, 7) is 0. The number of carbonyl (C=O) groups excluding carboxylic acids is 1. The largest absolute Gasteiger partial charge is 0.455 e. The quantitative estimate of drug-likeness (QED) is 0.265. The average molecular weight is 540 g/mol. The zero-order valence-electron chi connectivity index (χ0n) is 16.5. The maximum Gasteiger partial charge on any atom is 0.195 e. The Bertz CT molecular complexity index is 1070.